The van der Waals surface area contributed by atoms with E-state index < -0.39 is 23.8 Å². The normalized spacial score (nSPS) is 23.2. The number of rotatable bonds is 3. The van der Waals surface area contributed by atoms with Crippen molar-refractivity contribution in [1.29, 1.82) is 0 Å². The number of carbonyl (C=O) groups is 4. The summed E-state index contributed by atoms with van der Waals surface area (Å²) in [5.74, 6) is -1.99. The van der Waals surface area contributed by atoms with Crippen LogP contribution < -0.4 is 16.0 Å². The molecule has 0 aliphatic carbocycles. The summed E-state index contributed by atoms with van der Waals surface area (Å²) in [4.78, 5) is 50.5. The number of piperidine rings is 1. The summed E-state index contributed by atoms with van der Waals surface area (Å²) in [5, 5.41) is 9.12. The van der Waals surface area contributed by atoms with E-state index >= 15 is 0 Å². The zero-order valence-electron chi connectivity index (χ0n) is 16.8. The molecule has 3 heterocycles. The average molecular weight is 418 g/mol. The minimum atomic E-state index is -0.959. The smallest absolute Gasteiger partial charge is 0.262 e. The highest BCUT2D eigenvalue weighted by Crippen LogP contribution is 2.31. The van der Waals surface area contributed by atoms with Gasteiger partial charge in [0.1, 0.15) is 6.04 Å². The molecule has 31 heavy (non-hydrogen) atoms. The molecule has 158 valence electrons. The zero-order valence-corrected chi connectivity index (χ0v) is 16.8. The third kappa shape index (κ3) is 3.38. The Balaban J connectivity index is 1.41. The number of hydrogen-bond acceptors (Lipinski definition) is 6. The fourth-order valence-electron chi connectivity index (χ4n) is 4.57. The summed E-state index contributed by atoms with van der Waals surface area (Å²) >= 11 is 0. The Hall–Kier alpha value is -3.52. The number of hydrogen-bond donors (Lipinski definition) is 3. The second kappa shape index (κ2) is 7.63. The maximum absolute atomic E-state index is 13.0. The molecule has 0 radical (unpaired) electrons. The molecule has 3 N–H and O–H groups in total. The SMILES string of the molecule is O=C1CCC(N2C(=O)c3ccc(NC4CNCCc5ccccc54)cc3C2=O)C(=O)N1. The van der Waals surface area contributed by atoms with Crippen LogP contribution in [0.5, 0.6) is 0 Å². The lowest BCUT2D eigenvalue weighted by molar-refractivity contribution is -0.136. The summed E-state index contributed by atoms with van der Waals surface area (Å²) in [6.07, 6.45) is 1.20. The van der Waals surface area contributed by atoms with E-state index in [9.17, 15) is 19.2 Å². The summed E-state index contributed by atoms with van der Waals surface area (Å²) < 4.78 is 0. The molecule has 0 aromatic heterocycles. The maximum atomic E-state index is 13.0. The maximum Gasteiger partial charge on any atom is 0.262 e. The Bertz CT molecular complexity index is 1110. The Morgan fingerprint density at radius 3 is 2.58 bits per heavy atom. The van der Waals surface area contributed by atoms with E-state index in [-0.39, 0.29) is 35.9 Å². The van der Waals surface area contributed by atoms with E-state index in [1.165, 1.54) is 11.1 Å². The first kappa shape index (κ1) is 19.4. The molecule has 4 amide bonds. The molecular formula is C23H22N4O4. The average Bonchev–Trinajstić information content (AvgIpc) is 2.90. The van der Waals surface area contributed by atoms with Gasteiger partial charge in [0.15, 0.2) is 0 Å². The van der Waals surface area contributed by atoms with Crippen molar-refractivity contribution < 1.29 is 19.2 Å². The lowest BCUT2D eigenvalue weighted by atomic mass is 9.99. The molecule has 3 aliphatic heterocycles. The van der Waals surface area contributed by atoms with E-state index in [1.807, 2.05) is 12.1 Å². The Morgan fingerprint density at radius 2 is 1.74 bits per heavy atom. The number of carbonyl (C=O) groups excluding carboxylic acids is 4. The van der Waals surface area contributed by atoms with Crippen LogP contribution in [0.4, 0.5) is 5.69 Å². The van der Waals surface area contributed by atoms with Gasteiger partial charge in [-0.25, -0.2) is 0 Å². The molecular weight excluding hydrogens is 396 g/mol. The molecule has 2 aromatic carbocycles. The van der Waals surface area contributed by atoms with E-state index in [2.05, 4.69) is 28.1 Å². The molecule has 2 aromatic rings. The topological polar surface area (TPSA) is 108 Å². The molecule has 8 heteroatoms. The predicted octanol–water partition coefficient (Wildman–Crippen LogP) is 1.39. The Morgan fingerprint density at radius 1 is 0.935 bits per heavy atom. The third-order valence-electron chi connectivity index (χ3n) is 6.13. The molecule has 2 atom stereocenters. The van der Waals surface area contributed by atoms with E-state index in [0.29, 0.717) is 0 Å². The summed E-state index contributed by atoms with van der Waals surface area (Å²) in [7, 11) is 0. The summed E-state index contributed by atoms with van der Waals surface area (Å²) in [5.41, 5.74) is 3.77. The van der Waals surface area contributed by atoms with Crippen LogP contribution in [-0.4, -0.2) is 47.7 Å². The van der Waals surface area contributed by atoms with Gasteiger partial charge in [-0.3, -0.25) is 29.4 Å². The Kier molecular flexibility index (Phi) is 4.78. The van der Waals surface area contributed by atoms with Crippen LogP contribution in [0.3, 0.4) is 0 Å². The van der Waals surface area contributed by atoms with Crippen molar-refractivity contribution >= 4 is 29.3 Å². The molecule has 2 unspecified atom stereocenters. The largest absolute Gasteiger partial charge is 0.377 e. The molecule has 8 nitrogen and oxygen atoms in total. The minimum absolute atomic E-state index is 0.0233. The van der Waals surface area contributed by atoms with Crippen LogP contribution in [0.25, 0.3) is 0 Å². The fraction of sp³-hybridized carbons (Fsp3) is 0.304. The lowest BCUT2D eigenvalue weighted by Gasteiger charge is -2.27. The third-order valence-corrected chi connectivity index (χ3v) is 6.13. The minimum Gasteiger partial charge on any atom is -0.377 e. The molecule has 0 spiro atoms. The van der Waals surface area contributed by atoms with Gasteiger partial charge < -0.3 is 10.6 Å². The molecule has 1 saturated heterocycles. The van der Waals surface area contributed by atoms with Crippen molar-refractivity contribution in [2.24, 2.45) is 0 Å². The monoisotopic (exact) mass is 418 g/mol. The second-order valence-electron chi connectivity index (χ2n) is 8.06. The van der Waals surface area contributed by atoms with Crippen molar-refractivity contribution in [3.63, 3.8) is 0 Å². The molecule has 3 aliphatic rings. The van der Waals surface area contributed by atoms with Crippen LogP contribution in [0.2, 0.25) is 0 Å². The van der Waals surface area contributed by atoms with Crippen LogP contribution in [-0.2, 0) is 16.0 Å². The molecule has 0 bridgehead atoms. The number of imide groups is 2. The van der Waals surface area contributed by atoms with Gasteiger partial charge in [0.05, 0.1) is 17.2 Å². The quantitative estimate of drug-likeness (QED) is 0.651. The van der Waals surface area contributed by atoms with Crippen LogP contribution in [0.15, 0.2) is 42.5 Å². The van der Waals surface area contributed by atoms with Gasteiger partial charge in [-0.05, 0) is 48.7 Å². The number of benzene rings is 2. The van der Waals surface area contributed by atoms with Crippen molar-refractivity contribution in [3.05, 3.63) is 64.7 Å². The van der Waals surface area contributed by atoms with E-state index in [1.54, 1.807) is 18.2 Å². The van der Waals surface area contributed by atoms with E-state index in [4.69, 9.17) is 0 Å². The van der Waals surface area contributed by atoms with Gasteiger partial charge in [0.2, 0.25) is 11.8 Å². The number of amides is 4. The fourth-order valence-corrected chi connectivity index (χ4v) is 4.57. The highest BCUT2D eigenvalue weighted by atomic mass is 16.2. The van der Waals surface area contributed by atoms with Gasteiger partial charge in [-0.1, -0.05) is 24.3 Å². The first-order valence-electron chi connectivity index (χ1n) is 10.4. The summed E-state index contributed by atoms with van der Waals surface area (Å²) in [6, 6.07) is 12.4. The molecule has 1 fully saturated rings. The zero-order chi connectivity index (χ0) is 21.5. The van der Waals surface area contributed by atoms with Crippen molar-refractivity contribution in [2.75, 3.05) is 18.4 Å². The first-order valence-corrected chi connectivity index (χ1v) is 10.4. The van der Waals surface area contributed by atoms with Gasteiger partial charge in [0.25, 0.3) is 11.8 Å². The lowest BCUT2D eigenvalue weighted by Crippen LogP contribution is -2.54. The second-order valence-corrected chi connectivity index (χ2v) is 8.06. The molecule has 0 saturated carbocycles. The van der Waals surface area contributed by atoms with Gasteiger partial charge in [-0.2, -0.15) is 0 Å². The molecule has 5 rings (SSSR count). The predicted molar refractivity (Wildman–Crippen MR) is 112 cm³/mol. The first-order chi connectivity index (χ1) is 15.0. The van der Waals surface area contributed by atoms with Crippen LogP contribution in [0, 0.1) is 0 Å². The number of fused-ring (bicyclic) bond motifs is 2. The van der Waals surface area contributed by atoms with Crippen molar-refractivity contribution in [2.45, 2.75) is 31.3 Å². The van der Waals surface area contributed by atoms with Gasteiger partial charge in [0, 0.05) is 18.7 Å². The highest BCUT2D eigenvalue weighted by molar-refractivity contribution is 6.23. The Labute approximate surface area is 179 Å². The number of anilines is 1. The standard InChI is InChI=1S/C23H22N4O4/c28-20-8-7-19(21(29)26-20)27-22(30)16-6-5-14(11-17(16)23(27)31)25-18-12-24-10-9-13-3-1-2-4-15(13)18/h1-6,11,18-19,24-25H,7-10,12H2,(H,26,28,29). The van der Waals surface area contributed by atoms with Crippen molar-refractivity contribution in [1.82, 2.24) is 15.5 Å². The highest BCUT2D eigenvalue weighted by Gasteiger charge is 2.44. The van der Waals surface area contributed by atoms with Gasteiger partial charge in [-0.15, -0.1) is 0 Å². The van der Waals surface area contributed by atoms with Crippen molar-refractivity contribution in [3.8, 4) is 0 Å². The number of nitrogens with zero attached hydrogens (tertiary/aromatic N) is 1. The van der Waals surface area contributed by atoms with Gasteiger partial charge >= 0.3 is 0 Å². The van der Waals surface area contributed by atoms with E-state index in [0.717, 1.165) is 30.1 Å². The summed E-state index contributed by atoms with van der Waals surface area (Å²) in [6.45, 7) is 1.64. The number of nitrogens with one attached hydrogen (secondary N) is 3. The van der Waals surface area contributed by atoms with Crippen LogP contribution >= 0.6 is 0 Å². The van der Waals surface area contributed by atoms with Crippen LogP contribution in [0.1, 0.15) is 50.7 Å².